The zero-order valence-electron chi connectivity index (χ0n) is 26.6. The Bertz CT molecular complexity index is 2110. The zero-order valence-corrected chi connectivity index (χ0v) is 27.4. The molecule has 2 aromatic carbocycles. The highest BCUT2D eigenvalue weighted by atomic mass is 32.2. The van der Waals surface area contributed by atoms with Gasteiger partial charge in [0.25, 0.3) is 10.0 Å². The van der Waals surface area contributed by atoms with Crippen LogP contribution in [0.1, 0.15) is 50.3 Å². The number of nitrogens with zero attached hydrogens (tertiary/aromatic N) is 6. The molecule has 3 N–H and O–H groups in total. The van der Waals surface area contributed by atoms with E-state index in [9.17, 15) is 21.6 Å². The van der Waals surface area contributed by atoms with Gasteiger partial charge in [0, 0.05) is 48.2 Å². The summed E-state index contributed by atoms with van der Waals surface area (Å²) in [4.78, 5) is 6.97. The molecule has 4 heterocycles. The number of ether oxygens (including phenoxy) is 1. The molecule has 2 aliphatic rings. The fourth-order valence-electron chi connectivity index (χ4n) is 6.70. The van der Waals surface area contributed by atoms with Gasteiger partial charge in [-0.25, -0.2) is 17.8 Å². The van der Waals surface area contributed by atoms with Gasteiger partial charge in [0.05, 0.1) is 28.8 Å². The smallest absolute Gasteiger partial charge is 0.355 e. The van der Waals surface area contributed by atoms with Gasteiger partial charge in [0.2, 0.25) is 0 Å². The first kappa shape index (κ1) is 31.9. The van der Waals surface area contributed by atoms with Crippen LogP contribution in [0.3, 0.4) is 0 Å². The standard InChI is InChI=1S/C33H35F3N8O3S/c1-19(20-4-7-23(34)8-5-20)47-27-14-21(6-9-26(27)41-48(45,46)32(35)36)29-28-30(43(3)40-29)25(17-38-31(28)37)22-16-39-44(18-22)24-10-13-42(2)33(15-24)11-12-33/h4-9,14,16-19,24,32,41H,10-13,15H2,1-3H3,(H2,37,38)/t19-,24-/m0/s1. The van der Waals surface area contributed by atoms with E-state index in [0.717, 1.165) is 30.5 Å². The number of pyridine rings is 1. The number of rotatable bonds is 9. The Morgan fingerprint density at radius 2 is 1.83 bits per heavy atom. The van der Waals surface area contributed by atoms with Crippen molar-refractivity contribution in [2.45, 2.75) is 56.0 Å². The van der Waals surface area contributed by atoms with E-state index in [2.05, 4.69) is 16.9 Å². The lowest BCUT2D eigenvalue weighted by atomic mass is 9.96. The fourth-order valence-corrected chi connectivity index (χ4v) is 7.26. The molecule has 0 amide bonds. The molecule has 0 unspecified atom stereocenters. The number of hydrogen-bond donors (Lipinski definition) is 2. The molecule has 1 spiro atoms. The third-order valence-corrected chi connectivity index (χ3v) is 10.6. The largest absolute Gasteiger partial charge is 0.484 e. The second-order valence-electron chi connectivity index (χ2n) is 12.7. The zero-order chi connectivity index (χ0) is 34.0. The van der Waals surface area contributed by atoms with Gasteiger partial charge in [-0.1, -0.05) is 18.2 Å². The van der Waals surface area contributed by atoms with Gasteiger partial charge in [0.1, 0.15) is 29.2 Å². The quantitative estimate of drug-likeness (QED) is 0.190. The van der Waals surface area contributed by atoms with E-state index >= 15 is 0 Å². The summed E-state index contributed by atoms with van der Waals surface area (Å²) < 4.78 is 76.3. The number of anilines is 2. The van der Waals surface area contributed by atoms with Crippen LogP contribution in [0.2, 0.25) is 0 Å². The minimum atomic E-state index is -5.02. The van der Waals surface area contributed by atoms with Crippen molar-refractivity contribution in [2.24, 2.45) is 7.05 Å². The van der Waals surface area contributed by atoms with Gasteiger partial charge in [-0.3, -0.25) is 14.1 Å². The molecule has 1 aliphatic heterocycles. The predicted molar refractivity (Wildman–Crippen MR) is 176 cm³/mol. The SMILES string of the molecule is C[C@H](Oc1cc(-c2nn(C)c3c(-c4cnn([C@H]5CCN(C)C6(CC6)C5)c4)cnc(N)c23)ccc1NS(=O)(=O)C(F)F)c1ccc(F)cc1. The summed E-state index contributed by atoms with van der Waals surface area (Å²) in [5.74, 6) is -3.92. The van der Waals surface area contributed by atoms with Crippen molar-refractivity contribution in [3.8, 4) is 28.1 Å². The Hall–Kier alpha value is -4.63. The summed E-state index contributed by atoms with van der Waals surface area (Å²) in [6.45, 7) is 2.70. The number of aryl methyl sites for hydroxylation is 1. The number of hydrogen-bond acceptors (Lipinski definition) is 8. The highest BCUT2D eigenvalue weighted by molar-refractivity contribution is 7.93. The molecule has 48 heavy (non-hydrogen) atoms. The molecule has 0 radical (unpaired) electrons. The number of likely N-dealkylation sites (tertiary alicyclic amines) is 1. The molecule has 1 saturated carbocycles. The van der Waals surface area contributed by atoms with Crippen molar-refractivity contribution in [3.05, 3.63) is 72.4 Å². The number of nitrogen functional groups attached to an aromatic ring is 1. The van der Waals surface area contributed by atoms with Crippen LogP contribution in [-0.4, -0.2) is 62.8 Å². The molecule has 5 aromatic rings. The molecule has 15 heteroatoms. The van der Waals surface area contributed by atoms with E-state index in [1.165, 1.54) is 49.2 Å². The highest BCUT2D eigenvalue weighted by Gasteiger charge is 2.50. The summed E-state index contributed by atoms with van der Waals surface area (Å²) in [6.07, 6.45) is 9.36. The van der Waals surface area contributed by atoms with Gasteiger partial charge < -0.3 is 15.4 Å². The summed E-state index contributed by atoms with van der Waals surface area (Å²) in [6, 6.07) is 10.2. The highest BCUT2D eigenvalue weighted by Crippen LogP contribution is 2.50. The van der Waals surface area contributed by atoms with Crippen molar-refractivity contribution in [2.75, 3.05) is 24.0 Å². The van der Waals surface area contributed by atoms with Crippen molar-refractivity contribution in [1.82, 2.24) is 29.4 Å². The Labute approximate surface area is 275 Å². The Morgan fingerprint density at radius 1 is 1.08 bits per heavy atom. The van der Waals surface area contributed by atoms with Gasteiger partial charge >= 0.3 is 5.76 Å². The van der Waals surface area contributed by atoms with Gasteiger partial charge in [-0.05, 0) is 69.5 Å². The topological polar surface area (TPSA) is 133 Å². The summed E-state index contributed by atoms with van der Waals surface area (Å²) >= 11 is 0. The van der Waals surface area contributed by atoms with Crippen LogP contribution < -0.4 is 15.2 Å². The number of sulfonamides is 1. The van der Waals surface area contributed by atoms with Crippen LogP contribution in [0, 0.1) is 5.82 Å². The minimum Gasteiger partial charge on any atom is -0.484 e. The third-order valence-electron chi connectivity index (χ3n) is 9.61. The van der Waals surface area contributed by atoms with E-state index in [1.54, 1.807) is 30.9 Å². The van der Waals surface area contributed by atoms with Gasteiger partial charge in [-0.2, -0.15) is 19.0 Å². The molecule has 2 atom stereocenters. The lowest BCUT2D eigenvalue weighted by Crippen LogP contribution is -2.42. The average molecular weight is 681 g/mol. The summed E-state index contributed by atoms with van der Waals surface area (Å²) in [5.41, 5.74) is 10.4. The van der Waals surface area contributed by atoms with Crippen LogP contribution in [0.5, 0.6) is 5.75 Å². The average Bonchev–Trinajstić information content (AvgIpc) is 3.48. The van der Waals surface area contributed by atoms with Crippen molar-refractivity contribution in [3.63, 3.8) is 0 Å². The number of alkyl halides is 2. The van der Waals surface area contributed by atoms with Crippen molar-refractivity contribution in [1.29, 1.82) is 0 Å². The summed E-state index contributed by atoms with van der Waals surface area (Å²) in [7, 11) is -1.03. The lowest BCUT2D eigenvalue weighted by molar-refractivity contribution is 0.121. The normalized spacial score (nSPS) is 18.4. The second-order valence-corrected chi connectivity index (χ2v) is 14.3. The number of nitrogens with one attached hydrogen (secondary N) is 1. The first-order valence-corrected chi connectivity index (χ1v) is 17.1. The lowest BCUT2D eigenvalue weighted by Gasteiger charge is -2.37. The van der Waals surface area contributed by atoms with Crippen LogP contribution >= 0.6 is 0 Å². The molecular weight excluding hydrogens is 645 g/mol. The van der Waals surface area contributed by atoms with Crippen molar-refractivity contribution >= 4 is 32.4 Å². The fraction of sp³-hybridized carbons (Fsp3) is 0.364. The maximum Gasteiger partial charge on any atom is 0.355 e. The monoisotopic (exact) mass is 680 g/mol. The molecule has 3 aromatic heterocycles. The second kappa shape index (κ2) is 11.8. The molecule has 2 fully saturated rings. The molecule has 252 valence electrons. The first-order valence-electron chi connectivity index (χ1n) is 15.6. The van der Waals surface area contributed by atoms with E-state index < -0.39 is 27.7 Å². The van der Waals surface area contributed by atoms with Gasteiger partial charge in [-0.15, -0.1) is 0 Å². The van der Waals surface area contributed by atoms with Crippen LogP contribution in [0.25, 0.3) is 33.3 Å². The molecular formula is C33H35F3N8O3S. The number of aromatic nitrogens is 5. The van der Waals surface area contributed by atoms with Crippen LogP contribution in [0.4, 0.5) is 24.7 Å². The number of halogens is 3. The third kappa shape index (κ3) is 5.74. The maximum absolute atomic E-state index is 13.6. The van der Waals surface area contributed by atoms with Crippen LogP contribution in [-0.2, 0) is 17.1 Å². The molecule has 7 rings (SSSR count). The molecule has 1 saturated heterocycles. The Balaban J connectivity index is 1.27. The predicted octanol–water partition coefficient (Wildman–Crippen LogP) is 6.12. The number of nitrogens with two attached hydrogens (primary N) is 1. The van der Waals surface area contributed by atoms with Gasteiger partial charge in [0.15, 0.2) is 0 Å². The molecule has 1 aliphatic carbocycles. The molecule has 0 bridgehead atoms. The number of fused-ring (bicyclic) bond motifs is 1. The van der Waals surface area contributed by atoms with E-state index in [4.69, 9.17) is 20.7 Å². The Morgan fingerprint density at radius 3 is 2.54 bits per heavy atom. The minimum absolute atomic E-state index is 0.0390. The Kier molecular flexibility index (Phi) is 7.86. The van der Waals surface area contributed by atoms with Crippen molar-refractivity contribution < 1.29 is 26.3 Å². The van der Waals surface area contributed by atoms with Crippen LogP contribution in [0.15, 0.2) is 61.1 Å². The molecule has 11 nitrogen and oxygen atoms in total. The number of benzene rings is 2. The number of piperidine rings is 1. The summed E-state index contributed by atoms with van der Waals surface area (Å²) in [5, 5.41) is 10.1. The first-order chi connectivity index (χ1) is 22.8. The van der Waals surface area contributed by atoms with E-state index in [0.29, 0.717) is 33.8 Å². The van der Waals surface area contributed by atoms with E-state index in [-0.39, 0.29) is 22.8 Å². The maximum atomic E-state index is 13.6. The van der Waals surface area contributed by atoms with E-state index in [1.807, 2.05) is 21.8 Å².